The molecule has 1 saturated heterocycles. The van der Waals surface area contributed by atoms with Gasteiger partial charge in [0.15, 0.2) is 0 Å². The molecule has 1 fully saturated rings. The highest BCUT2D eigenvalue weighted by Crippen LogP contribution is 2.24. The number of hydrogen-bond acceptors (Lipinski definition) is 6. The molecule has 0 spiro atoms. The average molecular weight is 250 g/mol. The molecule has 1 unspecified atom stereocenters. The van der Waals surface area contributed by atoms with Gasteiger partial charge in [-0.2, -0.15) is 15.0 Å². The quantitative estimate of drug-likeness (QED) is 0.867. The van der Waals surface area contributed by atoms with E-state index in [9.17, 15) is 0 Å². The van der Waals surface area contributed by atoms with Gasteiger partial charge in [-0.3, -0.25) is 0 Å². The van der Waals surface area contributed by atoms with Gasteiger partial charge in [-0.1, -0.05) is 13.3 Å². The van der Waals surface area contributed by atoms with Crippen molar-refractivity contribution in [3.8, 4) is 0 Å². The minimum absolute atomic E-state index is 0.628. The molecule has 0 saturated carbocycles. The van der Waals surface area contributed by atoms with E-state index in [1.165, 1.54) is 12.8 Å². The maximum Gasteiger partial charge on any atom is 0.231 e. The molecule has 18 heavy (non-hydrogen) atoms. The van der Waals surface area contributed by atoms with E-state index in [1.807, 2.05) is 26.0 Å². The Labute approximate surface area is 108 Å². The van der Waals surface area contributed by atoms with Crippen molar-refractivity contribution in [3.05, 3.63) is 0 Å². The Morgan fingerprint density at radius 3 is 2.67 bits per heavy atom. The summed E-state index contributed by atoms with van der Waals surface area (Å²) in [5.74, 6) is 2.88. The van der Waals surface area contributed by atoms with Gasteiger partial charge in [0.1, 0.15) is 0 Å². The van der Waals surface area contributed by atoms with Crippen molar-refractivity contribution in [2.75, 3.05) is 49.3 Å². The number of hydrogen-bond donors (Lipinski definition) is 1. The third-order valence-corrected chi connectivity index (χ3v) is 3.38. The van der Waals surface area contributed by atoms with E-state index in [-0.39, 0.29) is 0 Å². The minimum atomic E-state index is 0.628. The summed E-state index contributed by atoms with van der Waals surface area (Å²) < 4.78 is 0. The molecule has 0 amide bonds. The summed E-state index contributed by atoms with van der Waals surface area (Å²) in [5.41, 5.74) is 0. The maximum absolute atomic E-state index is 4.52. The number of nitrogens with one attached hydrogen (secondary N) is 1. The normalized spacial score (nSPS) is 19.1. The van der Waals surface area contributed by atoms with Crippen molar-refractivity contribution in [1.29, 1.82) is 0 Å². The van der Waals surface area contributed by atoms with Crippen molar-refractivity contribution >= 4 is 17.8 Å². The van der Waals surface area contributed by atoms with Crippen molar-refractivity contribution in [3.63, 3.8) is 0 Å². The Kier molecular flexibility index (Phi) is 3.84. The molecular weight excluding hydrogens is 228 g/mol. The molecule has 1 aliphatic rings. The molecule has 2 heterocycles. The van der Waals surface area contributed by atoms with Gasteiger partial charge in [0, 0.05) is 34.2 Å². The van der Waals surface area contributed by atoms with E-state index in [0.717, 1.165) is 25.0 Å². The Morgan fingerprint density at radius 2 is 2.11 bits per heavy atom. The lowest BCUT2D eigenvalue weighted by Gasteiger charge is -2.19. The van der Waals surface area contributed by atoms with Crippen LogP contribution in [0.5, 0.6) is 0 Å². The zero-order chi connectivity index (χ0) is 13.1. The lowest BCUT2D eigenvalue weighted by molar-refractivity contribution is 0.568. The topological polar surface area (TPSA) is 57.2 Å². The van der Waals surface area contributed by atoms with Gasteiger partial charge in [0.2, 0.25) is 17.8 Å². The molecule has 1 aromatic heterocycles. The van der Waals surface area contributed by atoms with E-state index in [1.54, 1.807) is 0 Å². The maximum atomic E-state index is 4.52. The SMILES string of the molecule is CCC1CCN(c2nc(NC)nc(N(C)C)n2)C1. The summed E-state index contributed by atoms with van der Waals surface area (Å²) in [5, 5.41) is 3.00. The molecule has 0 aromatic carbocycles. The van der Waals surface area contributed by atoms with Crippen LogP contribution in [0.3, 0.4) is 0 Å². The Hall–Kier alpha value is -1.59. The molecule has 0 radical (unpaired) electrons. The third-order valence-electron chi connectivity index (χ3n) is 3.38. The number of aromatic nitrogens is 3. The molecule has 1 aromatic rings. The molecule has 1 N–H and O–H groups in total. The monoisotopic (exact) mass is 250 g/mol. The summed E-state index contributed by atoms with van der Waals surface area (Å²) in [6.45, 7) is 4.33. The van der Waals surface area contributed by atoms with Crippen molar-refractivity contribution in [2.24, 2.45) is 5.92 Å². The highest BCUT2D eigenvalue weighted by atomic mass is 15.4. The van der Waals surface area contributed by atoms with Gasteiger partial charge in [0.25, 0.3) is 0 Å². The second-order valence-corrected chi connectivity index (χ2v) is 4.91. The van der Waals surface area contributed by atoms with Gasteiger partial charge in [-0.25, -0.2) is 0 Å². The van der Waals surface area contributed by atoms with Crippen LogP contribution < -0.4 is 15.1 Å². The lowest BCUT2D eigenvalue weighted by atomic mass is 10.1. The third kappa shape index (κ3) is 2.63. The van der Waals surface area contributed by atoms with Crippen LogP contribution in [0.1, 0.15) is 19.8 Å². The molecular formula is C12H22N6. The molecule has 6 heteroatoms. The van der Waals surface area contributed by atoms with Crippen LogP contribution in [-0.4, -0.2) is 49.2 Å². The number of rotatable bonds is 4. The molecule has 2 rings (SSSR count). The predicted octanol–water partition coefficient (Wildman–Crippen LogP) is 1.22. The van der Waals surface area contributed by atoms with Crippen LogP contribution in [-0.2, 0) is 0 Å². The standard InChI is InChI=1S/C12H22N6/c1-5-9-6-7-18(8-9)12-15-10(13-2)14-11(16-12)17(3)4/h9H,5-8H2,1-4H3,(H,13,14,15,16). The minimum Gasteiger partial charge on any atom is -0.357 e. The van der Waals surface area contributed by atoms with Crippen LogP contribution in [0, 0.1) is 5.92 Å². The molecule has 1 aliphatic heterocycles. The van der Waals surface area contributed by atoms with Gasteiger partial charge < -0.3 is 15.1 Å². The Balaban J connectivity index is 2.24. The second-order valence-electron chi connectivity index (χ2n) is 4.91. The lowest BCUT2D eigenvalue weighted by Crippen LogP contribution is -2.24. The fraction of sp³-hybridized carbons (Fsp3) is 0.750. The first kappa shape index (κ1) is 12.9. The van der Waals surface area contributed by atoms with E-state index in [4.69, 9.17) is 0 Å². The summed E-state index contributed by atoms with van der Waals surface area (Å²) in [6.07, 6.45) is 2.45. The second kappa shape index (κ2) is 5.37. The first-order valence-corrected chi connectivity index (χ1v) is 6.50. The van der Waals surface area contributed by atoms with Crippen LogP contribution in [0.25, 0.3) is 0 Å². The largest absolute Gasteiger partial charge is 0.357 e. The van der Waals surface area contributed by atoms with Crippen molar-refractivity contribution < 1.29 is 0 Å². The molecule has 0 aliphatic carbocycles. The number of anilines is 3. The fourth-order valence-electron chi connectivity index (χ4n) is 2.15. The van der Waals surface area contributed by atoms with Gasteiger partial charge in [-0.15, -0.1) is 0 Å². The zero-order valence-electron chi connectivity index (χ0n) is 11.6. The summed E-state index contributed by atoms with van der Waals surface area (Å²) in [6, 6.07) is 0. The highest BCUT2D eigenvalue weighted by Gasteiger charge is 2.24. The van der Waals surface area contributed by atoms with Crippen molar-refractivity contribution in [2.45, 2.75) is 19.8 Å². The van der Waals surface area contributed by atoms with Crippen molar-refractivity contribution in [1.82, 2.24) is 15.0 Å². The number of nitrogens with zero attached hydrogens (tertiary/aromatic N) is 5. The van der Waals surface area contributed by atoms with E-state index >= 15 is 0 Å². The summed E-state index contributed by atoms with van der Waals surface area (Å²) in [4.78, 5) is 17.5. The van der Waals surface area contributed by atoms with E-state index < -0.39 is 0 Å². The Morgan fingerprint density at radius 1 is 1.33 bits per heavy atom. The van der Waals surface area contributed by atoms with E-state index in [0.29, 0.717) is 11.9 Å². The summed E-state index contributed by atoms with van der Waals surface area (Å²) >= 11 is 0. The summed E-state index contributed by atoms with van der Waals surface area (Å²) in [7, 11) is 5.71. The molecule has 0 bridgehead atoms. The van der Waals surface area contributed by atoms with Gasteiger partial charge in [0.05, 0.1) is 0 Å². The van der Waals surface area contributed by atoms with Gasteiger partial charge in [-0.05, 0) is 12.3 Å². The van der Waals surface area contributed by atoms with E-state index in [2.05, 4.69) is 32.1 Å². The Bertz CT molecular complexity index is 406. The molecule has 6 nitrogen and oxygen atoms in total. The highest BCUT2D eigenvalue weighted by molar-refractivity contribution is 5.44. The average Bonchev–Trinajstić information content (AvgIpc) is 2.86. The molecule has 100 valence electrons. The van der Waals surface area contributed by atoms with Gasteiger partial charge >= 0.3 is 0 Å². The smallest absolute Gasteiger partial charge is 0.231 e. The van der Waals surface area contributed by atoms with Crippen LogP contribution in [0.4, 0.5) is 17.8 Å². The molecule has 1 atom stereocenters. The zero-order valence-corrected chi connectivity index (χ0v) is 11.6. The first-order chi connectivity index (χ1) is 8.63. The first-order valence-electron chi connectivity index (χ1n) is 6.50. The van der Waals surface area contributed by atoms with Crippen LogP contribution in [0.15, 0.2) is 0 Å². The fourth-order valence-corrected chi connectivity index (χ4v) is 2.15. The van der Waals surface area contributed by atoms with Crippen LogP contribution in [0.2, 0.25) is 0 Å². The van der Waals surface area contributed by atoms with Crippen LogP contribution >= 0.6 is 0 Å². The predicted molar refractivity (Wildman–Crippen MR) is 74.3 cm³/mol.